The van der Waals surface area contributed by atoms with E-state index in [0.717, 1.165) is 29.9 Å². The van der Waals surface area contributed by atoms with Crippen LogP contribution in [0.4, 0.5) is 0 Å². The number of hydrogen-bond donors (Lipinski definition) is 0. The Morgan fingerprint density at radius 2 is 2.25 bits per heavy atom. The molecule has 1 aliphatic heterocycles. The quantitative estimate of drug-likeness (QED) is 0.856. The summed E-state index contributed by atoms with van der Waals surface area (Å²) in [6.45, 7) is 4.76. The number of thiazole rings is 1. The lowest BCUT2D eigenvalue weighted by atomic mass is 10.1. The molecule has 1 aromatic heterocycles. The molecule has 6 heteroatoms. The molecule has 24 heavy (non-hydrogen) atoms. The predicted molar refractivity (Wildman–Crippen MR) is 95.6 cm³/mol. The second-order valence-electron chi connectivity index (χ2n) is 6.77. The molecule has 5 nitrogen and oxygen atoms in total. The molecule has 1 saturated heterocycles. The van der Waals surface area contributed by atoms with Crippen molar-refractivity contribution in [3.63, 3.8) is 0 Å². The third-order valence-electron chi connectivity index (χ3n) is 4.78. The fraction of sp³-hybridized carbons (Fsp3) is 0.500. The average Bonchev–Trinajstić information content (AvgIpc) is 3.19. The van der Waals surface area contributed by atoms with E-state index >= 15 is 0 Å². The van der Waals surface area contributed by atoms with Crippen molar-refractivity contribution < 1.29 is 4.79 Å². The molecule has 0 unspecified atom stereocenters. The molecule has 2 aromatic rings. The highest BCUT2D eigenvalue weighted by atomic mass is 32.1. The molecule has 2 heterocycles. The second-order valence-corrected chi connectivity index (χ2v) is 7.83. The summed E-state index contributed by atoms with van der Waals surface area (Å²) >= 11 is 1.71. The molecule has 1 aromatic carbocycles. The van der Waals surface area contributed by atoms with Crippen LogP contribution < -0.4 is 0 Å². The van der Waals surface area contributed by atoms with E-state index in [1.165, 1.54) is 4.70 Å². The summed E-state index contributed by atoms with van der Waals surface area (Å²) in [7, 11) is 1.70. The highest BCUT2D eigenvalue weighted by Crippen LogP contribution is 2.36. The molecule has 3 rings (SSSR count). The zero-order valence-electron chi connectivity index (χ0n) is 14.3. The van der Waals surface area contributed by atoms with Crippen LogP contribution in [0.25, 0.3) is 10.2 Å². The van der Waals surface area contributed by atoms with Gasteiger partial charge in [-0.25, -0.2) is 4.98 Å². The van der Waals surface area contributed by atoms with Crippen molar-refractivity contribution >= 4 is 27.5 Å². The van der Waals surface area contributed by atoms with Gasteiger partial charge in [0.15, 0.2) is 0 Å². The van der Waals surface area contributed by atoms with Crippen LogP contribution in [-0.2, 0) is 4.79 Å². The van der Waals surface area contributed by atoms with E-state index < -0.39 is 5.54 Å². The fourth-order valence-corrected chi connectivity index (χ4v) is 4.13. The maximum atomic E-state index is 12.6. The molecule has 0 spiro atoms. The first-order valence-corrected chi connectivity index (χ1v) is 9.01. The Morgan fingerprint density at radius 1 is 1.50 bits per heavy atom. The van der Waals surface area contributed by atoms with Gasteiger partial charge in [0.2, 0.25) is 5.91 Å². The predicted octanol–water partition coefficient (Wildman–Crippen LogP) is 3.19. The van der Waals surface area contributed by atoms with Gasteiger partial charge in [-0.2, -0.15) is 5.26 Å². The normalized spacial score (nSPS) is 18.7. The third-order valence-corrected chi connectivity index (χ3v) is 5.92. The van der Waals surface area contributed by atoms with Gasteiger partial charge in [0, 0.05) is 7.05 Å². The Bertz CT molecular complexity index is 759. The van der Waals surface area contributed by atoms with Crippen LogP contribution in [0.2, 0.25) is 0 Å². The summed E-state index contributed by atoms with van der Waals surface area (Å²) in [6, 6.07) is 10.5. The van der Waals surface area contributed by atoms with Gasteiger partial charge in [-0.1, -0.05) is 12.1 Å². The molecule has 1 atom stereocenters. The number of hydrogen-bond acceptors (Lipinski definition) is 5. The van der Waals surface area contributed by atoms with Crippen molar-refractivity contribution in [3.05, 3.63) is 29.3 Å². The maximum Gasteiger partial charge on any atom is 0.237 e. The molecule has 0 saturated carbocycles. The van der Waals surface area contributed by atoms with E-state index in [9.17, 15) is 10.1 Å². The van der Waals surface area contributed by atoms with Crippen molar-refractivity contribution in [1.29, 1.82) is 5.26 Å². The van der Waals surface area contributed by atoms with Gasteiger partial charge in [-0.3, -0.25) is 9.69 Å². The molecule has 1 amide bonds. The zero-order valence-corrected chi connectivity index (χ0v) is 15.1. The third kappa shape index (κ3) is 3.14. The number of nitrogens with zero attached hydrogens (tertiary/aromatic N) is 4. The number of para-hydroxylation sites is 1. The molecular formula is C18H22N4OS. The highest BCUT2D eigenvalue weighted by Gasteiger charge is 2.33. The summed E-state index contributed by atoms with van der Waals surface area (Å²) in [5, 5.41) is 10.3. The minimum atomic E-state index is -0.790. The monoisotopic (exact) mass is 342 g/mol. The summed E-state index contributed by atoms with van der Waals surface area (Å²) in [4.78, 5) is 21.1. The Morgan fingerprint density at radius 3 is 2.96 bits per heavy atom. The molecular weight excluding hydrogens is 320 g/mol. The van der Waals surface area contributed by atoms with Crippen LogP contribution in [0.3, 0.4) is 0 Å². The van der Waals surface area contributed by atoms with E-state index in [0.29, 0.717) is 6.54 Å². The van der Waals surface area contributed by atoms with Gasteiger partial charge in [0.05, 0.1) is 28.9 Å². The van der Waals surface area contributed by atoms with E-state index in [-0.39, 0.29) is 11.9 Å². The first-order chi connectivity index (χ1) is 11.4. The molecule has 0 radical (unpaired) electrons. The topological polar surface area (TPSA) is 60.2 Å². The van der Waals surface area contributed by atoms with Gasteiger partial charge in [-0.15, -0.1) is 11.3 Å². The lowest BCUT2D eigenvalue weighted by molar-refractivity contribution is -0.134. The number of likely N-dealkylation sites (N-methyl/N-ethyl adjacent to an activating group) is 1. The van der Waals surface area contributed by atoms with Gasteiger partial charge in [0.25, 0.3) is 0 Å². The summed E-state index contributed by atoms with van der Waals surface area (Å²) in [5.74, 6) is -0.0189. The van der Waals surface area contributed by atoms with Crippen LogP contribution in [0.15, 0.2) is 24.3 Å². The molecule has 0 aliphatic carbocycles. The molecule has 0 bridgehead atoms. The zero-order chi connectivity index (χ0) is 17.3. The standard InChI is InChI=1S/C18H22N4OS/c1-18(2,12-19)21(3)16(23)11-22-10-6-8-14(22)17-20-13-7-4-5-9-15(13)24-17/h4-5,7,9,14H,6,8,10-11H2,1-3H3/t14-/m0/s1. The first kappa shape index (κ1) is 16.9. The van der Waals surface area contributed by atoms with Crippen LogP contribution in [0, 0.1) is 11.3 Å². The van der Waals surface area contributed by atoms with Gasteiger partial charge < -0.3 is 4.90 Å². The number of fused-ring (bicyclic) bond motifs is 1. The number of carbonyl (C=O) groups is 1. The smallest absolute Gasteiger partial charge is 0.237 e. The number of benzene rings is 1. The van der Waals surface area contributed by atoms with Crippen molar-refractivity contribution in [2.75, 3.05) is 20.1 Å². The maximum absolute atomic E-state index is 12.6. The SMILES string of the molecule is CN(C(=O)CN1CCC[C@H]1c1nc2ccccc2s1)C(C)(C)C#N. The van der Waals surface area contributed by atoms with E-state index in [1.807, 2.05) is 18.2 Å². The van der Waals surface area contributed by atoms with Crippen molar-refractivity contribution in [1.82, 2.24) is 14.8 Å². The number of rotatable bonds is 4. The number of carbonyl (C=O) groups excluding carboxylic acids is 1. The van der Waals surface area contributed by atoms with E-state index in [2.05, 4.69) is 17.0 Å². The first-order valence-electron chi connectivity index (χ1n) is 8.20. The second kappa shape index (κ2) is 6.50. The van der Waals surface area contributed by atoms with Gasteiger partial charge in [-0.05, 0) is 45.4 Å². The summed E-state index contributed by atoms with van der Waals surface area (Å²) in [5.41, 5.74) is 0.237. The fourth-order valence-electron chi connectivity index (χ4n) is 2.99. The van der Waals surface area contributed by atoms with Crippen LogP contribution in [0.5, 0.6) is 0 Å². The lowest BCUT2D eigenvalue weighted by Gasteiger charge is -2.32. The van der Waals surface area contributed by atoms with Crippen LogP contribution in [0.1, 0.15) is 37.7 Å². The van der Waals surface area contributed by atoms with Crippen molar-refractivity contribution in [3.8, 4) is 6.07 Å². The number of likely N-dealkylation sites (tertiary alicyclic amines) is 1. The summed E-state index contributed by atoms with van der Waals surface area (Å²) < 4.78 is 1.19. The van der Waals surface area contributed by atoms with Gasteiger partial charge in [0.1, 0.15) is 10.5 Å². The van der Waals surface area contributed by atoms with E-state index in [4.69, 9.17) is 4.98 Å². The van der Waals surface area contributed by atoms with Crippen molar-refractivity contribution in [2.45, 2.75) is 38.3 Å². The Balaban J connectivity index is 1.76. The number of amides is 1. The molecule has 1 fully saturated rings. The Kier molecular flexibility index (Phi) is 4.57. The summed E-state index contributed by atoms with van der Waals surface area (Å²) in [6.07, 6.45) is 2.09. The Hall–Kier alpha value is -1.97. The van der Waals surface area contributed by atoms with Crippen LogP contribution >= 0.6 is 11.3 Å². The minimum absolute atomic E-state index is 0.0189. The molecule has 0 N–H and O–H groups in total. The number of nitriles is 1. The molecule has 126 valence electrons. The van der Waals surface area contributed by atoms with Gasteiger partial charge >= 0.3 is 0 Å². The average molecular weight is 342 g/mol. The molecule has 1 aliphatic rings. The number of aromatic nitrogens is 1. The lowest BCUT2D eigenvalue weighted by Crippen LogP contribution is -2.48. The van der Waals surface area contributed by atoms with Crippen molar-refractivity contribution in [2.24, 2.45) is 0 Å². The largest absolute Gasteiger partial charge is 0.326 e. The van der Waals surface area contributed by atoms with Crippen LogP contribution in [-0.4, -0.2) is 46.4 Å². The van der Waals surface area contributed by atoms with E-state index in [1.54, 1.807) is 37.1 Å². The minimum Gasteiger partial charge on any atom is -0.326 e. The highest BCUT2D eigenvalue weighted by molar-refractivity contribution is 7.18. The Labute approximate surface area is 146 Å².